The zero-order chi connectivity index (χ0) is 21.7. The predicted molar refractivity (Wildman–Crippen MR) is 121 cm³/mol. The van der Waals surface area contributed by atoms with E-state index >= 15 is 0 Å². The lowest BCUT2D eigenvalue weighted by atomic mass is 10.1. The molecular weight excluding hydrogens is 422 g/mol. The van der Waals surface area contributed by atoms with Crippen LogP contribution in [0.1, 0.15) is 38.2 Å². The zero-order valence-electron chi connectivity index (χ0n) is 16.5. The van der Waals surface area contributed by atoms with Gasteiger partial charge in [-0.2, -0.15) is 5.10 Å². The first-order valence-corrected chi connectivity index (χ1v) is 10.3. The van der Waals surface area contributed by atoms with Gasteiger partial charge in [-0.1, -0.05) is 30.3 Å². The smallest absolute Gasteiger partial charge is 0.341 e. The van der Waals surface area contributed by atoms with E-state index < -0.39 is 11.9 Å². The molecule has 156 valence electrons. The third-order valence-corrected chi connectivity index (χ3v) is 5.40. The van der Waals surface area contributed by atoms with Crippen molar-refractivity contribution < 1.29 is 14.3 Å². The van der Waals surface area contributed by atoms with E-state index in [1.807, 2.05) is 30.3 Å². The van der Waals surface area contributed by atoms with Crippen LogP contribution in [-0.4, -0.2) is 33.4 Å². The summed E-state index contributed by atoms with van der Waals surface area (Å²) in [5.41, 5.74) is 7.50. The van der Waals surface area contributed by atoms with Gasteiger partial charge >= 0.3 is 5.97 Å². The number of nitrogens with two attached hydrogens (primary N) is 1. The van der Waals surface area contributed by atoms with Crippen LogP contribution in [0.3, 0.4) is 0 Å². The standard InChI is InChI=1S/C20H21N5O3S2/c1-3-28-19(27)14-10-13(9-12-7-5-4-6-8-12)30-18(14)24-20(29)23-15-11-22-25(2)16(15)17(21)26/h4-8,10-11H,3,9H2,1-2H3,(H2,21,26)(H2,23,24,29). The van der Waals surface area contributed by atoms with E-state index in [2.05, 4.69) is 15.7 Å². The molecule has 0 aliphatic carbocycles. The predicted octanol–water partition coefficient (Wildman–Crippen LogP) is 3.16. The lowest BCUT2D eigenvalue weighted by Crippen LogP contribution is -2.23. The summed E-state index contributed by atoms with van der Waals surface area (Å²) in [6.45, 7) is 2.02. The lowest BCUT2D eigenvalue weighted by Gasteiger charge is -2.10. The molecule has 30 heavy (non-hydrogen) atoms. The number of esters is 1. The molecule has 1 aromatic carbocycles. The van der Waals surface area contributed by atoms with Crippen LogP contribution in [-0.2, 0) is 18.2 Å². The molecule has 0 bridgehead atoms. The number of anilines is 2. The molecule has 0 unspecified atom stereocenters. The third-order valence-electron chi connectivity index (χ3n) is 4.15. The average molecular weight is 444 g/mol. The van der Waals surface area contributed by atoms with Crippen molar-refractivity contribution in [3.63, 3.8) is 0 Å². The van der Waals surface area contributed by atoms with Gasteiger partial charge in [0.1, 0.15) is 10.7 Å². The fraction of sp³-hybridized carbons (Fsp3) is 0.200. The van der Waals surface area contributed by atoms with Gasteiger partial charge in [0, 0.05) is 18.3 Å². The molecule has 0 saturated heterocycles. The second-order valence-corrected chi connectivity index (χ2v) is 7.86. The molecule has 0 spiro atoms. The van der Waals surface area contributed by atoms with E-state index in [-0.39, 0.29) is 17.4 Å². The summed E-state index contributed by atoms with van der Waals surface area (Å²) in [6, 6.07) is 11.8. The summed E-state index contributed by atoms with van der Waals surface area (Å²) in [5.74, 6) is -1.06. The maximum absolute atomic E-state index is 12.4. The van der Waals surface area contributed by atoms with Crippen LogP contribution in [0.25, 0.3) is 0 Å². The Morgan fingerprint density at radius 2 is 2.00 bits per heavy atom. The minimum absolute atomic E-state index is 0.195. The molecule has 1 amide bonds. The van der Waals surface area contributed by atoms with Crippen LogP contribution in [0.5, 0.6) is 0 Å². The summed E-state index contributed by atoms with van der Waals surface area (Å²) in [5, 5.41) is 10.7. The van der Waals surface area contributed by atoms with Crippen molar-refractivity contribution in [3.05, 3.63) is 64.3 Å². The highest BCUT2D eigenvalue weighted by molar-refractivity contribution is 7.80. The number of hydrogen-bond donors (Lipinski definition) is 3. The van der Waals surface area contributed by atoms with Crippen molar-refractivity contribution in [1.29, 1.82) is 0 Å². The summed E-state index contributed by atoms with van der Waals surface area (Å²) in [6.07, 6.45) is 2.13. The highest BCUT2D eigenvalue weighted by Crippen LogP contribution is 2.31. The molecule has 3 aromatic rings. The Labute approximate surface area is 183 Å². The molecule has 10 heteroatoms. The first-order valence-electron chi connectivity index (χ1n) is 9.12. The fourth-order valence-corrected chi connectivity index (χ4v) is 4.22. The SMILES string of the molecule is CCOC(=O)c1cc(Cc2ccccc2)sc1NC(=S)Nc1cnn(C)c1C(N)=O. The fourth-order valence-electron chi connectivity index (χ4n) is 2.86. The molecular formula is C20H21N5O3S2. The van der Waals surface area contributed by atoms with Crippen molar-refractivity contribution in [2.75, 3.05) is 17.2 Å². The van der Waals surface area contributed by atoms with Crippen LogP contribution in [0.2, 0.25) is 0 Å². The van der Waals surface area contributed by atoms with Gasteiger partial charge in [-0.25, -0.2) is 4.79 Å². The molecule has 0 radical (unpaired) electrons. The van der Waals surface area contributed by atoms with Crippen molar-refractivity contribution in [2.24, 2.45) is 12.8 Å². The van der Waals surface area contributed by atoms with Crippen LogP contribution in [0, 0.1) is 0 Å². The molecule has 2 heterocycles. The molecule has 0 atom stereocenters. The van der Waals surface area contributed by atoms with Gasteiger partial charge in [-0.05, 0) is 30.8 Å². The second-order valence-electron chi connectivity index (χ2n) is 6.31. The van der Waals surface area contributed by atoms with Crippen molar-refractivity contribution >= 4 is 51.2 Å². The van der Waals surface area contributed by atoms with E-state index in [0.717, 1.165) is 10.4 Å². The number of aryl methyl sites for hydroxylation is 1. The van der Waals surface area contributed by atoms with Gasteiger partial charge in [-0.15, -0.1) is 11.3 Å². The number of ether oxygens (including phenoxy) is 1. The van der Waals surface area contributed by atoms with E-state index in [0.29, 0.717) is 22.7 Å². The number of rotatable bonds is 7. The highest BCUT2D eigenvalue weighted by atomic mass is 32.1. The Balaban J connectivity index is 1.82. The van der Waals surface area contributed by atoms with Gasteiger partial charge in [0.25, 0.3) is 5.91 Å². The van der Waals surface area contributed by atoms with Crippen LogP contribution < -0.4 is 16.4 Å². The first kappa shape index (κ1) is 21.5. The van der Waals surface area contributed by atoms with E-state index in [1.165, 1.54) is 22.2 Å². The molecule has 4 N–H and O–H groups in total. The van der Waals surface area contributed by atoms with Gasteiger partial charge in [0.2, 0.25) is 0 Å². The summed E-state index contributed by atoms with van der Waals surface area (Å²) < 4.78 is 6.54. The molecule has 2 aromatic heterocycles. The Bertz CT molecular complexity index is 1080. The minimum Gasteiger partial charge on any atom is -0.462 e. The van der Waals surface area contributed by atoms with Gasteiger partial charge in [-0.3, -0.25) is 9.48 Å². The van der Waals surface area contributed by atoms with Crippen LogP contribution >= 0.6 is 23.6 Å². The molecule has 0 aliphatic heterocycles. The normalized spacial score (nSPS) is 10.5. The Morgan fingerprint density at radius 3 is 2.67 bits per heavy atom. The molecule has 0 fully saturated rings. The number of amides is 1. The number of primary amides is 1. The van der Waals surface area contributed by atoms with E-state index in [1.54, 1.807) is 20.0 Å². The number of nitrogens with one attached hydrogen (secondary N) is 2. The van der Waals surface area contributed by atoms with Crippen LogP contribution in [0.15, 0.2) is 42.6 Å². The highest BCUT2D eigenvalue weighted by Gasteiger charge is 2.20. The summed E-state index contributed by atoms with van der Waals surface area (Å²) >= 11 is 6.78. The molecule has 0 saturated carbocycles. The monoisotopic (exact) mass is 443 g/mol. The number of thiophene rings is 1. The summed E-state index contributed by atoms with van der Waals surface area (Å²) in [7, 11) is 1.61. The number of carbonyl (C=O) groups excluding carboxylic acids is 2. The third kappa shape index (κ3) is 5.02. The lowest BCUT2D eigenvalue weighted by molar-refractivity contribution is 0.0528. The number of benzene rings is 1. The number of thiocarbonyl (C=S) groups is 1. The molecule has 8 nitrogen and oxygen atoms in total. The Morgan fingerprint density at radius 1 is 1.27 bits per heavy atom. The maximum atomic E-state index is 12.4. The maximum Gasteiger partial charge on any atom is 0.341 e. The van der Waals surface area contributed by atoms with Crippen molar-refractivity contribution in [3.8, 4) is 0 Å². The van der Waals surface area contributed by atoms with E-state index in [4.69, 9.17) is 22.7 Å². The zero-order valence-corrected chi connectivity index (χ0v) is 18.1. The van der Waals surface area contributed by atoms with Gasteiger partial charge in [0.05, 0.1) is 24.1 Å². The number of nitrogens with zero attached hydrogens (tertiary/aromatic N) is 2. The molecule has 0 aliphatic rings. The Hall–Kier alpha value is -3.24. The number of hydrogen-bond acceptors (Lipinski definition) is 6. The van der Waals surface area contributed by atoms with Gasteiger partial charge in [0.15, 0.2) is 5.11 Å². The van der Waals surface area contributed by atoms with Crippen molar-refractivity contribution in [2.45, 2.75) is 13.3 Å². The van der Waals surface area contributed by atoms with Crippen molar-refractivity contribution in [1.82, 2.24) is 9.78 Å². The number of carbonyl (C=O) groups is 2. The average Bonchev–Trinajstić information content (AvgIpc) is 3.25. The second kappa shape index (κ2) is 9.51. The van der Waals surface area contributed by atoms with Gasteiger partial charge < -0.3 is 21.1 Å². The largest absolute Gasteiger partial charge is 0.462 e. The molecule has 3 rings (SSSR count). The topological polar surface area (TPSA) is 111 Å². The van der Waals surface area contributed by atoms with E-state index in [9.17, 15) is 9.59 Å². The first-order chi connectivity index (χ1) is 14.4. The van der Waals surface area contributed by atoms with Crippen LogP contribution in [0.4, 0.5) is 10.7 Å². The minimum atomic E-state index is -0.631. The Kier molecular flexibility index (Phi) is 6.80. The summed E-state index contributed by atoms with van der Waals surface area (Å²) in [4.78, 5) is 25.0. The number of aromatic nitrogens is 2. The quantitative estimate of drug-likeness (QED) is 0.380.